The van der Waals surface area contributed by atoms with E-state index in [1.54, 1.807) is 13.2 Å². The molecule has 0 aliphatic rings. The quantitative estimate of drug-likeness (QED) is 0.585. The third-order valence-electron chi connectivity index (χ3n) is 1.85. The van der Waals surface area contributed by atoms with Crippen LogP contribution in [-0.4, -0.2) is 29.0 Å². The molecule has 1 aromatic rings. The highest BCUT2D eigenvalue weighted by Gasteiger charge is 1.95. The Bertz CT molecular complexity index is 330. The molecular formula is C10H14NO3S-. The van der Waals surface area contributed by atoms with E-state index in [9.17, 15) is 8.76 Å². The maximum Gasteiger partial charge on any atom is 0.0635 e. The molecule has 84 valence electrons. The lowest BCUT2D eigenvalue weighted by Gasteiger charge is -2.09. The van der Waals surface area contributed by atoms with Crippen molar-refractivity contribution in [3.05, 3.63) is 29.8 Å². The van der Waals surface area contributed by atoms with E-state index in [0.29, 0.717) is 13.2 Å². The van der Waals surface area contributed by atoms with Gasteiger partial charge in [-0.1, -0.05) is 23.2 Å². The van der Waals surface area contributed by atoms with Crippen molar-refractivity contribution < 1.29 is 13.5 Å². The zero-order valence-electron chi connectivity index (χ0n) is 8.56. The van der Waals surface area contributed by atoms with Crippen LogP contribution in [0.1, 0.15) is 5.56 Å². The van der Waals surface area contributed by atoms with E-state index in [-0.39, 0.29) is 5.75 Å². The van der Waals surface area contributed by atoms with Crippen molar-refractivity contribution in [3.63, 3.8) is 0 Å². The molecule has 0 fully saturated rings. The summed E-state index contributed by atoms with van der Waals surface area (Å²) in [5.74, 6) is 0.0554. The van der Waals surface area contributed by atoms with E-state index < -0.39 is 11.1 Å². The molecule has 0 bridgehead atoms. The standard InChI is InChI=1S/C10H15NO3S/c1-14-6-5-11-10-4-2-3-9(7-10)8-15(12)13/h2-4,7,11H,5-6,8H2,1H3,(H,12,13)/p-1. The lowest BCUT2D eigenvalue weighted by Crippen LogP contribution is -2.07. The van der Waals surface area contributed by atoms with E-state index in [1.165, 1.54) is 0 Å². The van der Waals surface area contributed by atoms with E-state index in [0.717, 1.165) is 11.3 Å². The largest absolute Gasteiger partial charge is 0.772 e. The molecule has 0 amide bonds. The van der Waals surface area contributed by atoms with Crippen LogP contribution in [0.15, 0.2) is 24.3 Å². The molecule has 1 N–H and O–H groups in total. The van der Waals surface area contributed by atoms with Crippen LogP contribution in [-0.2, 0) is 21.6 Å². The fourth-order valence-electron chi connectivity index (χ4n) is 1.20. The minimum atomic E-state index is -2.03. The Labute approximate surface area is 91.9 Å². The Morgan fingerprint density at radius 2 is 2.33 bits per heavy atom. The molecule has 0 saturated heterocycles. The fourth-order valence-corrected chi connectivity index (χ4v) is 1.66. The SMILES string of the molecule is COCCNc1cccc(CS(=O)[O-])c1. The first-order valence-corrected chi connectivity index (χ1v) is 5.84. The van der Waals surface area contributed by atoms with E-state index in [2.05, 4.69) is 5.32 Å². The average Bonchev–Trinajstić information content (AvgIpc) is 2.18. The van der Waals surface area contributed by atoms with Crippen LogP contribution in [0.4, 0.5) is 5.69 Å². The predicted octanol–water partition coefficient (Wildman–Crippen LogP) is 1.12. The maximum absolute atomic E-state index is 10.5. The number of methoxy groups -OCH3 is 1. The van der Waals surface area contributed by atoms with E-state index in [1.807, 2.05) is 18.2 Å². The topological polar surface area (TPSA) is 61.4 Å². The van der Waals surface area contributed by atoms with Crippen molar-refractivity contribution in [2.45, 2.75) is 5.75 Å². The van der Waals surface area contributed by atoms with Gasteiger partial charge in [0.05, 0.1) is 6.61 Å². The van der Waals surface area contributed by atoms with Crippen molar-refractivity contribution >= 4 is 16.8 Å². The summed E-state index contributed by atoms with van der Waals surface area (Å²) >= 11 is -2.03. The molecule has 4 nitrogen and oxygen atoms in total. The molecular weight excluding hydrogens is 214 g/mol. The second-order valence-corrected chi connectivity index (χ2v) is 3.96. The normalized spacial score (nSPS) is 12.4. The summed E-state index contributed by atoms with van der Waals surface area (Å²) in [6.45, 7) is 1.33. The van der Waals surface area contributed by atoms with Crippen LogP contribution in [0.2, 0.25) is 0 Å². The number of nitrogens with one attached hydrogen (secondary N) is 1. The monoisotopic (exact) mass is 228 g/mol. The van der Waals surface area contributed by atoms with Crippen molar-refractivity contribution in [3.8, 4) is 0 Å². The number of benzene rings is 1. The smallest absolute Gasteiger partial charge is 0.0635 e. The lowest BCUT2D eigenvalue weighted by atomic mass is 10.2. The summed E-state index contributed by atoms with van der Waals surface area (Å²) < 4.78 is 25.9. The molecule has 1 rings (SSSR count). The average molecular weight is 228 g/mol. The third-order valence-corrected chi connectivity index (χ3v) is 2.42. The number of hydrogen-bond donors (Lipinski definition) is 1. The maximum atomic E-state index is 10.5. The molecule has 5 heteroatoms. The summed E-state index contributed by atoms with van der Waals surface area (Å²) in [5.41, 5.74) is 1.70. The van der Waals surface area contributed by atoms with Crippen molar-refractivity contribution in [2.24, 2.45) is 0 Å². The fraction of sp³-hybridized carbons (Fsp3) is 0.400. The predicted molar refractivity (Wildman–Crippen MR) is 59.4 cm³/mol. The van der Waals surface area contributed by atoms with Crippen molar-refractivity contribution in [1.82, 2.24) is 0 Å². The Morgan fingerprint density at radius 1 is 1.53 bits per heavy atom. The molecule has 0 aliphatic heterocycles. The second-order valence-electron chi connectivity index (χ2n) is 3.07. The summed E-state index contributed by atoms with van der Waals surface area (Å²) in [6, 6.07) is 7.34. The molecule has 1 unspecified atom stereocenters. The first-order chi connectivity index (χ1) is 7.22. The Kier molecular flexibility index (Phi) is 5.31. The lowest BCUT2D eigenvalue weighted by molar-refractivity contribution is 0.211. The van der Waals surface area contributed by atoms with Gasteiger partial charge in [0.1, 0.15) is 0 Å². The highest BCUT2D eigenvalue weighted by molar-refractivity contribution is 7.78. The Hall–Kier alpha value is -0.910. The highest BCUT2D eigenvalue weighted by Crippen LogP contribution is 2.11. The van der Waals surface area contributed by atoms with Gasteiger partial charge < -0.3 is 14.6 Å². The zero-order valence-corrected chi connectivity index (χ0v) is 9.38. The molecule has 0 saturated carbocycles. The van der Waals surface area contributed by atoms with Crippen LogP contribution in [0, 0.1) is 0 Å². The summed E-state index contributed by atoms with van der Waals surface area (Å²) in [4.78, 5) is 0. The van der Waals surface area contributed by atoms with Gasteiger partial charge in [0.2, 0.25) is 0 Å². The summed E-state index contributed by atoms with van der Waals surface area (Å²) in [6.07, 6.45) is 0. The van der Waals surface area contributed by atoms with Crippen LogP contribution in [0.3, 0.4) is 0 Å². The van der Waals surface area contributed by atoms with Gasteiger partial charge in [-0.3, -0.25) is 4.21 Å². The Morgan fingerprint density at radius 3 is 3.00 bits per heavy atom. The Balaban J connectivity index is 2.53. The second kappa shape index (κ2) is 6.55. The van der Waals surface area contributed by atoms with Crippen LogP contribution in [0.5, 0.6) is 0 Å². The van der Waals surface area contributed by atoms with Gasteiger partial charge in [-0.05, 0) is 17.7 Å². The first kappa shape index (κ1) is 12.2. The molecule has 1 aromatic carbocycles. The minimum Gasteiger partial charge on any atom is -0.772 e. The molecule has 0 heterocycles. The highest BCUT2D eigenvalue weighted by atomic mass is 32.2. The van der Waals surface area contributed by atoms with Gasteiger partial charge in [0.15, 0.2) is 0 Å². The van der Waals surface area contributed by atoms with E-state index in [4.69, 9.17) is 4.74 Å². The molecule has 0 spiro atoms. The molecule has 15 heavy (non-hydrogen) atoms. The number of anilines is 1. The molecule has 1 atom stereocenters. The number of ether oxygens (including phenoxy) is 1. The van der Waals surface area contributed by atoms with Crippen molar-refractivity contribution in [2.75, 3.05) is 25.6 Å². The van der Waals surface area contributed by atoms with Crippen LogP contribution < -0.4 is 5.32 Å². The van der Waals surface area contributed by atoms with Gasteiger partial charge >= 0.3 is 0 Å². The summed E-state index contributed by atoms with van der Waals surface area (Å²) in [5, 5.41) is 3.13. The number of rotatable bonds is 6. The third kappa shape index (κ3) is 4.92. The molecule has 0 aliphatic carbocycles. The van der Waals surface area contributed by atoms with Crippen molar-refractivity contribution in [1.29, 1.82) is 0 Å². The van der Waals surface area contributed by atoms with Crippen LogP contribution >= 0.6 is 0 Å². The van der Waals surface area contributed by atoms with Gasteiger partial charge in [-0.15, -0.1) is 0 Å². The molecule has 0 radical (unpaired) electrons. The molecule has 0 aromatic heterocycles. The van der Waals surface area contributed by atoms with Crippen LogP contribution in [0.25, 0.3) is 0 Å². The van der Waals surface area contributed by atoms with Gasteiger partial charge in [-0.2, -0.15) is 0 Å². The van der Waals surface area contributed by atoms with Gasteiger partial charge in [-0.25, -0.2) is 0 Å². The zero-order chi connectivity index (χ0) is 11.1. The van der Waals surface area contributed by atoms with E-state index >= 15 is 0 Å². The summed E-state index contributed by atoms with van der Waals surface area (Å²) in [7, 11) is 1.64. The van der Waals surface area contributed by atoms with Gasteiger partial charge in [0, 0.05) is 25.1 Å². The first-order valence-electron chi connectivity index (χ1n) is 4.60. The minimum absolute atomic E-state index is 0.0554. The number of hydrogen-bond acceptors (Lipinski definition) is 4. The van der Waals surface area contributed by atoms with Gasteiger partial charge in [0.25, 0.3) is 0 Å².